The highest BCUT2D eigenvalue weighted by molar-refractivity contribution is 7.09. The minimum atomic E-state index is -1.02. The number of nitrogens with zero attached hydrogens (tertiary/aromatic N) is 2. The first-order chi connectivity index (χ1) is 17.3. The second-order valence-electron chi connectivity index (χ2n) is 9.23. The van der Waals surface area contributed by atoms with Crippen molar-refractivity contribution in [2.75, 3.05) is 13.6 Å². The lowest BCUT2D eigenvalue weighted by atomic mass is 9.95. The molecule has 0 saturated carbocycles. The Bertz CT molecular complexity index is 1190. The van der Waals surface area contributed by atoms with Crippen LogP contribution in [0.2, 0.25) is 0 Å². The number of nitrogens with one attached hydrogen (secondary N) is 2. The molecule has 4 rings (SSSR count). The van der Waals surface area contributed by atoms with Gasteiger partial charge in [0, 0.05) is 41.8 Å². The number of aryl methyl sites for hydroxylation is 1. The van der Waals surface area contributed by atoms with Gasteiger partial charge in [0.2, 0.25) is 0 Å². The van der Waals surface area contributed by atoms with Gasteiger partial charge in [0.25, 0.3) is 11.8 Å². The molecule has 3 aromatic rings. The molecule has 7 nitrogen and oxygen atoms in total. The van der Waals surface area contributed by atoms with Crippen molar-refractivity contribution >= 4 is 23.2 Å². The van der Waals surface area contributed by atoms with Crippen LogP contribution < -0.4 is 10.6 Å². The lowest BCUT2D eigenvalue weighted by Crippen LogP contribution is -2.52. The highest BCUT2D eigenvalue weighted by Crippen LogP contribution is 2.19. The third kappa shape index (κ3) is 6.54. The number of carbonyl (C=O) groups is 2. The Balaban J connectivity index is 1.48. The lowest BCUT2D eigenvalue weighted by Gasteiger charge is -2.28. The van der Waals surface area contributed by atoms with Gasteiger partial charge >= 0.3 is 0 Å². The quantitative estimate of drug-likeness (QED) is 0.411. The number of hydrogen-bond acceptors (Lipinski definition) is 6. The van der Waals surface area contributed by atoms with Gasteiger partial charge in [-0.1, -0.05) is 36.4 Å². The SMILES string of the molecule is Cc1csc(CN(C)C(=O)c2cccc(C(=O)N[C@@H](Cc3ccccc3)[C@H](O)C3C[C@H](F)CN3)c2)n1. The number of thiazole rings is 1. The first-order valence-electron chi connectivity index (χ1n) is 12.0. The number of rotatable bonds is 9. The Hall–Kier alpha value is -3.14. The second kappa shape index (κ2) is 11.7. The van der Waals surface area contributed by atoms with Gasteiger partial charge in [0.05, 0.1) is 18.7 Å². The fourth-order valence-corrected chi connectivity index (χ4v) is 5.23. The van der Waals surface area contributed by atoms with Crippen LogP contribution in [0.25, 0.3) is 0 Å². The summed E-state index contributed by atoms with van der Waals surface area (Å²) >= 11 is 1.50. The highest BCUT2D eigenvalue weighted by Gasteiger charge is 2.35. The summed E-state index contributed by atoms with van der Waals surface area (Å²) in [6.45, 7) is 2.47. The van der Waals surface area contributed by atoms with Crippen molar-refractivity contribution in [3.63, 3.8) is 0 Å². The van der Waals surface area contributed by atoms with Crippen molar-refractivity contribution in [2.24, 2.45) is 0 Å². The molecule has 2 amide bonds. The van der Waals surface area contributed by atoms with Crippen LogP contribution in [0.4, 0.5) is 4.39 Å². The largest absolute Gasteiger partial charge is 0.389 e. The standard InChI is InChI=1S/C27H31FN4O3S/c1-17-16-36-24(30-17)15-32(2)27(35)20-10-6-9-19(12-20)26(34)31-23(11-18-7-4-3-5-8-18)25(33)22-13-21(28)14-29-22/h3-10,12,16,21-23,25,29,33H,11,13-15H2,1-2H3,(H,31,34)/t21-,22?,23-,25+/m0/s1. The summed E-state index contributed by atoms with van der Waals surface area (Å²) in [5.74, 6) is -0.625. The molecular formula is C27H31FN4O3S. The molecule has 1 fully saturated rings. The summed E-state index contributed by atoms with van der Waals surface area (Å²) in [6, 6.07) is 15.0. The Morgan fingerprint density at radius 2 is 1.97 bits per heavy atom. The number of amides is 2. The van der Waals surface area contributed by atoms with Crippen LogP contribution in [0.3, 0.4) is 0 Å². The normalized spacial score (nSPS) is 19.0. The molecular weight excluding hydrogens is 479 g/mol. The third-order valence-electron chi connectivity index (χ3n) is 6.31. The van der Waals surface area contributed by atoms with Gasteiger partial charge in [0.1, 0.15) is 11.2 Å². The molecule has 2 aromatic carbocycles. The Kier molecular flexibility index (Phi) is 8.45. The molecule has 0 spiro atoms. The molecule has 0 bridgehead atoms. The van der Waals surface area contributed by atoms with Crippen LogP contribution >= 0.6 is 11.3 Å². The van der Waals surface area contributed by atoms with Crippen LogP contribution in [-0.4, -0.2) is 64.8 Å². The highest BCUT2D eigenvalue weighted by atomic mass is 32.1. The van der Waals surface area contributed by atoms with Crippen molar-refractivity contribution in [1.29, 1.82) is 0 Å². The predicted octanol–water partition coefficient (Wildman–Crippen LogP) is 3.13. The van der Waals surface area contributed by atoms with Crippen LogP contribution in [0, 0.1) is 6.92 Å². The zero-order valence-corrected chi connectivity index (χ0v) is 21.2. The van der Waals surface area contributed by atoms with Gasteiger partial charge in [-0.25, -0.2) is 9.37 Å². The molecule has 0 radical (unpaired) electrons. The maximum Gasteiger partial charge on any atom is 0.253 e. The van der Waals surface area contributed by atoms with Crippen molar-refractivity contribution in [3.05, 3.63) is 87.4 Å². The van der Waals surface area contributed by atoms with Crippen molar-refractivity contribution in [1.82, 2.24) is 20.5 Å². The van der Waals surface area contributed by atoms with Gasteiger partial charge in [0.15, 0.2) is 0 Å². The molecule has 2 heterocycles. The van der Waals surface area contributed by atoms with Gasteiger partial charge in [-0.05, 0) is 43.5 Å². The van der Waals surface area contributed by atoms with Gasteiger partial charge in [-0.2, -0.15) is 0 Å². The first-order valence-corrected chi connectivity index (χ1v) is 12.8. The molecule has 3 N–H and O–H groups in total. The van der Waals surface area contributed by atoms with Crippen molar-refractivity contribution < 1.29 is 19.1 Å². The molecule has 190 valence electrons. The summed E-state index contributed by atoms with van der Waals surface area (Å²) in [4.78, 5) is 32.2. The molecule has 36 heavy (non-hydrogen) atoms. The predicted molar refractivity (Wildman–Crippen MR) is 138 cm³/mol. The van der Waals surface area contributed by atoms with E-state index in [0.29, 0.717) is 24.1 Å². The van der Waals surface area contributed by atoms with E-state index < -0.39 is 30.3 Å². The van der Waals surface area contributed by atoms with Crippen molar-refractivity contribution in [3.8, 4) is 0 Å². The summed E-state index contributed by atoms with van der Waals surface area (Å²) in [5.41, 5.74) is 2.56. The number of hydrogen-bond donors (Lipinski definition) is 3. The number of benzene rings is 2. The topological polar surface area (TPSA) is 94.6 Å². The number of aliphatic hydroxyl groups excluding tert-OH is 1. The number of halogens is 1. The fourth-order valence-electron chi connectivity index (χ4n) is 4.40. The van der Waals surface area contributed by atoms with Crippen LogP contribution in [-0.2, 0) is 13.0 Å². The third-order valence-corrected chi connectivity index (χ3v) is 7.26. The van der Waals surface area contributed by atoms with E-state index in [1.54, 1.807) is 36.2 Å². The van der Waals surface area contributed by atoms with E-state index in [-0.39, 0.29) is 18.9 Å². The minimum Gasteiger partial charge on any atom is -0.389 e. The summed E-state index contributed by atoms with van der Waals surface area (Å²) < 4.78 is 13.8. The van der Waals surface area contributed by atoms with E-state index >= 15 is 0 Å². The van der Waals surface area contributed by atoms with Crippen LogP contribution in [0.5, 0.6) is 0 Å². The molecule has 1 aliphatic rings. The van der Waals surface area contributed by atoms with Gasteiger partial charge < -0.3 is 20.6 Å². The second-order valence-corrected chi connectivity index (χ2v) is 10.2. The van der Waals surface area contributed by atoms with E-state index in [2.05, 4.69) is 15.6 Å². The zero-order valence-electron chi connectivity index (χ0n) is 20.4. The number of aromatic nitrogens is 1. The van der Waals surface area contributed by atoms with E-state index in [4.69, 9.17) is 0 Å². The average molecular weight is 511 g/mol. The van der Waals surface area contributed by atoms with Crippen molar-refractivity contribution in [2.45, 2.75) is 50.7 Å². The monoisotopic (exact) mass is 510 g/mol. The Morgan fingerprint density at radius 3 is 2.64 bits per heavy atom. The van der Waals surface area contributed by atoms with E-state index in [0.717, 1.165) is 16.3 Å². The average Bonchev–Trinajstić information content (AvgIpc) is 3.50. The smallest absolute Gasteiger partial charge is 0.253 e. The number of carbonyl (C=O) groups excluding carboxylic acids is 2. The Labute approximate surface area is 214 Å². The maximum absolute atomic E-state index is 13.8. The van der Waals surface area contributed by atoms with E-state index in [1.807, 2.05) is 42.6 Å². The van der Waals surface area contributed by atoms with E-state index in [9.17, 15) is 19.1 Å². The summed E-state index contributed by atoms with van der Waals surface area (Å²) in [7, 11) is 1.70. The molecule has 1 saturated heterocycles. The Morgan fingerprint density at radius 1 is 1.22 bits per heavy atom. The minimum absolute atomic E-state index is 0.186. The fraction of sp³-hybridized carbons (Fsp3) is 0.370. The molecule has 9 heteroatoms. The lowest BCUT2D eigenvalue weighted by molar-refractivity contribution is 0.0729. The van der Waals surface area contributed by atoms with E-state index in [1.165, 1.54) is 11.3 Å². The number of alkyl halides is 1. The summed E-state index contributed by atoms with van der Waals surface area (Å²) in [5, 5.41) is 19.7. The van der Waals surface area contributed by atoms with Gasteiger partial charge in [-0.15, -0.1) is 11.3 Å². The molecule has 0 aliphatic carbocycles. The number of aliphatic hydroxyl groups is 1. The van der Waals surface area contributed by atoms with Gasteiger partial charge in [-0.3, -0.25) is 9.59 Å². The molecule has 4 atom stereocenters. The maximum atomic E-state index is 13.8. The molecule has 1 aromatic heterocycles. The van der Waals surface area contributed by atoms with Crippen LogP contribution in [0.1, 0.15) is 43.4 Å². The molecule has 1 aliphatic heterocycles. The first kappa shape index (κ1) is 25.9. The summed E-state index contributed by atoms with van der Waals surface area (Å²) in [6.07, 6.45) is -1.42. The molecule has 1 unspecified atom stereocenters. The van der Waals surface area contributed by atoms with Crippen LogP contribution in [0.15, 0.2) is 60.0 Å². The zero-order chi connectivity index (χ0) is 25.7.